The SMILES string of the molecule is O=C(c1ccc2nccnc2c1)c1c(F)ccc(Br)c1F. The number of halogens is 3. The highest BCUT2D eigenvalue weighted by molar-refractivity contribution is 9.10. The predicted molar refractivity (Wildman–Crippen MR) is 77.0 cm³/mol. The van der Waals surface area contributed by atoms with Gasteiger partial charge in [0, 0.05) is 18.0 Å². The van der Waals surface area contributed by atoms with Crippen molar-refractivity contribution in [3.8, 4) is 0 Å². The predicted octanol–water partition coefficient (Wildman–Crippen LogP) is 3.90. The fourth-order valence-electron chi connectivity index (χ4n) is 1.98. The van der Waals surface area contributed by atoms with Gasteiger partial charge in [0.2, 0.25) is 0 Å². The molecule has 0 N–H and O–H groups in total. The van der Waals surface area contributed by atoms with Crippen LogP contribution in [0.3, 0.4) is 0 Å². The van der Waals surface area contributed by atoms with Crippen LogP contribution in [-0.4, -0.2) is 15.8 Å². The Morgan fingerprint density at radius 1 is 1.00 bits per heavy atom. The van der Waals surface area contributed by atoms with Crippen molar-refractivity contribution in [2.45, 2.75) is 0 Å². The number of rotatable bonds is 2. The van der Waals surface area contributed by atoms with Crippen LogP contribution >= 0.6 is 15.9 Å². The summed E-state index contributed by atoms with van der Waals surface area (Å²) < 4.78 is 27.8. The van der Waals surface area contributed by atoms with Crippen LogP contribution in [-0.2, 0) is 0 Å². The molecule has 0 aliphatic heterocycles. The summed E-state index contributed by atoms with van der Waals surface area (Å²) in [7, 11) is 0. The highest BCUT2D eigenvalue weighted by Gasteiger charge is 2.21. The average Bonchev–Trinajstić information content (AvgIpc) is 2.51. The molecule has 0 saturated heterocycles. The van der Waals surface area contributed by atoms with Crippen LogP contribution in [0, 0.1) is 11.6 Å². The summed E-state index contributed by atoms with van der Waals surface area (Å²) >= 11 is 2.94. The number of nitrogens with zero attached hydrogens (tertiary/aromatic N) is 2. The first kappa shape index (κ1) is 13.8. The van der Waals surface area contributed by atoms with E-state index in [0.29, 0.717) is 11.0 Å². The van der Waals surface area contributed by atoms with Gasteiger partial charge in [0.05, 0.1) is 21.1 Å². The molecule has 0 saturated carbocycles. The minimum absolute atomic E-state index is 0.0350. The Hall–Kier alpha value is -2.21. The molecule has 3 nitrogen and oxygen atoms in total. The van der Waals surface area contributed by atoms with E-state index in [-0.39, 0.29) is 10.0 Å². The Balaban J connectivity index is 2.15. The van der Waals surface area contributed by atoms with E-state index in [0.717, 1.165) is 6.07 Å². The standard InChI is InChI=1S/C15H7BrF2N2O/c16-9-2-3-10(17)13(14(9)18)15(21)8-1-4-11-12(7-8)20-6-5-19-11/h1-7H. The first-order valence-electron chi connectivity index (χ1n) is 5.97. The molecule has 0 radical (unpaired) electrons. The summed E-state index contributed by atoms with van der Waals surface area (Å²) in [6.45, 7) is 0. The molecule has 104 valence electrons. The maximum Gasteiger partial charge on any atom is 0.199 e. The van der Waals surface area contributed by atoms with Crippen molar-refractivity contribution < 1.29 is 13.6 Å². The largest absolute Gasteiger partial charge is 0.288 e. The Kier molecular flexibility index (Phi) is 3.47. The minimum atomic E-state index is -0.917. The second-order valence-electron chi connectivity index (χ2n) is 4.31. The third-order valence-corrected chi connectivity index (χ3v) is 3.62. The molecule has 0 fully saturated rings. The molecule has 0 aliphatic rings. The lowest BCUT2D eigenvalue weighted by molar-refractivity contribution is 0.103. The number of hydrogen-bond donors (Lipinski definition) is 0. The molecule has 0 spiro atoms. The average molecular weight is 349 g/mol. The highest BCUT2D eigenvalue weighted by atomic mass is 79.9. The topological polar surface area (TPSA) is 42.9 Å². The second-order valence-corrected chi connectivity index (χ2v) is 5.16. The van der Waals surface area contributed by atoms with Crippen molar-refractivity contribution in [3.05, 3.63) is 70.0 Å². The normalized spacial score (nSPS) is 10.8. The van der Waals surface area contributed by atoms with Crippen LogP contribution in [0.2, 0.25) is 0 Å². The molecule has 0 atom stereocenters. The van der Waals surface area contributed by atoms with Crippen LogP contribution in [0.5, 0.6) is 0 Å². The third kappa shape index (κ3) is 2.42. The Morgan fingerprint density at radius 3 is 2.48 bits per heavy atom. The molecule has 1 heterocycles. The third-order valence-electron chi connectivity index (χ3n) is 3.00. The van der Waals surface area contributed by atoms with Crippen LogP contribution in [0.4, 0.5) is 8.78 Å². The van der Waals surface area contributed by atoms with Gasteiger partial charge in [0.15, 0.2) is 11.6 Å². The molecule has 6 heteroatoms. The van der Waals surface area contributed by atoms with Crippen LogP contribution in [0.1, 0.15) is 15.9 Å². The van der Waals surface area contributed by atoms with Crippen molar-refractivity contribution in [1.82, 2.24) is 9.97 Å². The zero-order valence-corrected chi connectivity index (χ0v) is 12.1. The molecule has 1 aromatic heterocycles. The van der Waals surface area contributed by atoms with E-state index in [1.807, 2.05) is 0 Å². The van der Waals surface area contributed by atoms with Crippen LogP contribution in [0.15, 0.2) is 47.2 Å². The highest BCUT2D eigenvalue weighted by Crippen LogP contribution is 2.24. The lowest BCUT2D eigenvalue weighted by atomic mass is 10.0. The van der Waals surface area contributed by atoms with Crippen molar-refractivity contribution in [2.24, 2.45) is 0 Å². The van der Waals surface area contributed by atoms with Crippen molar-refractivity contribution in [3.63, 3.8) is 0 Å². The van der Waals surface area contributed by atoms with Gasteiger partial charge in [-0.1, -0.05) is 0 Å². The summed E-state index contributed by atoms with van der Waals surface area (Å²) in [5.41, 5.74) is 0.648. The van der Waals surface area contributed by atoms with Gasteiger partial charge in [-0.05, 0) is 46.3 Å². The molecule has 3 rings (SSSR count). The lowest BCUT2D eigenvalue weighted by Crippen LogP contribution is -2.08. The van der Waals surface area contributed by atoms with Gasteiger partial charge >= 0.3 is 0 Å². The quantitative estimate of drug-likeness (QED) is 0.521. The second kappa shape index (κ2) is 5.29. The Bertz CT molecular complexity index is 867. The van der Waals surface area contributed by atoms with Gasteiger partial charge in [-0.3, -0.25) is 14.8 Å². The lowest BCUT2D eigenvalue weighted by Gasteiger charge is -2.06. The van der Waals surface area contributed by atoms with Crippen molar-refractivity contribution >= 4 is 32.7 Å². The number of carbonyl (C=O) groups is 1. The maximum absolute atomic E-state index is 14.0. The first-order valence-corrected chi connectivity index (χ1v) is 6.76. The van der Waals surface area contributed by atoms with E-state index >= 15 is 0 Å². The van der Waals surface area contributed by atoms with Crippen LogP contribution < -0.4 is 0 Å². The fraction of sp³-hybridized carbons (Fsp3) is 0. The summed E-state index contributed by atoms with van der Waals surface area (Å²) in [5, 5.41) is 0. The van der Waals surface area contributed by atoms with Gasteiger partial charge in [-0.2, -0.15) is 0 Å². The molecular weight excluding hydrogens is 342 g/mol. The molecule has 0 unspecified atom stereocenters. The van der Waals surface area contributed by atoms with E-state index < -0.39 is 23.0 Å². The molecular formula is C15H7BrF2N2O. The van der Waals surface area contributed by atoms with E-state index in [4.69, 9.17) is 0 Å². The molecule has 0 bridgehead atoms. The Morgan fingerprint density at radius 2 is 1.71 bits per heavy atom. The fourth-order valence-corrected chi connectivity index (χ4v) is 2.31. The summed E-state index contributed by atoms with van der Waals surface area (Å²) in [5.74, 6) is -2.56. The summed E-state index contributed by atoms with van der Waals surface area (Å²) in [6.07, 6.45) is 3.01. The van der Waals surface area contributed by atoms with Crippen molar-refractivity contribution in [2.75, 3.05) is 0 Å². The molecule has 0 aliphatic carbocycles. The summed E-state index contributed by atoms with van der Waals surface area (Å²) in [4.78, 5) is 20.5. The molecule has 3 aromatic rings. The zero-order valence-electron chi connectivity index (χ0n) is 10.5. The van der Waals surface area contributed by atoms with E-state index in [2.05, 4.69) is 25.9 Å². The van der Waals surface area contributed by atoms with Gasteiger partial charge < -0.3 is 0 Å². The number of carbonyl (C=O) groups excluding carboxylic acids is 1. The smallest absolute Gasteiger partial charge is 0.199 e. The van der Waals surface area contributed by atoms with E-state index in [1.54, 1.807) is 6.07 Å². The Labute approximate surface area is 126 Å². The monoisotopic (exact) mass is 348 g/mol. The number of aromatic nitrogens is 2. The van der Waals surface area contributed by atoms with E-state index in [9.17, 15) is 13.6 Å². The van der Waals surface area contributed by atoms with Gasteiger partial charge in [-0.25, -0.2) is 8.78 Å². The number of benzene rings is 2. The van der Waals surface area contributed by atoms with Gasteiger partial charge in [0.1, 0.15) is 5.82 Å². The molecule has 21 heavy (non-hydrogen) atoms. The van der Waals surface area contributed by atoms with Gasteiger partial charge in [0.25, 0.3) is 0 Å². The molecule has 0 amide bonds. The van der Waals surface area contributed by atoms with Crippen LogP contribution in [0.25, 0.3) is 11.0 Å². The maximum atomic E-state index is 14.0. The number of ketones is 1. The zero-order chi connectivity index (χ0) is 15.0. The van der Waals surface area contributed by atoms with Gasteiger partial charge in [-0.15, -0.1) is 0 Å². The van der Waals surface area contributed by atoms with E-state index in [1.165, 1.54) is 30.6 Å². The summed E-state index contributed by atoms with van der Waals surface area (Å²) in [6, 6.07) is 6.78. The molecule has 2 aromatic carbocycles. The number of fused-ring (bicyclic) bond motifs is 1. The minimum Gasteiger partial charge on any atom is -0.288 e. The number of hydrogen-bond acceptors (Lipinski definition) is 3. The first-order chi connectivity index (χ1) is 10.1. The van der Waals surface area contributed by atoms with Crippen molar-refractivity contribution in [1.29, 1.82) is 0 Å².